The van der Waals surface area contributed by atoms with Gasteiger partial charge in [0.05, 0.1) is 7.11 Å². The maximum Gasteiger partial charge on any atom is 0.338 e. The van der Waals surface area contributed by atoms with E-state index >= 15 is 0 Å². The van der Waals surface area contributed by atoms with Gasteiger partial charge in [-0.2, -0.15) is 0 Å². The van der Waals surface area contributed by atoms with Gasteiger partial charge in [-0.05, 0) is 0 Å². The first-order valence-electron chi connectivity index (χ1n) is 13.8. The highest BCUT2D eigenvalue weighted by Crippen LogP contribution is 2.34. The Bertz CT molecular complexity index is 1190. The lowest BCUT2D eigenvalue weighted by Gasteiger charge is -2.48. The fraction of sp³-hybridized carbons (Fsp3) is 0.704. The van der Waals surface area contributed by atoms with Gasteiger partial charge in [-0.25, -0.2) is 4.79 Å². The minimum absolute atomic E-state index is 0.586. The SMILES string of the molecule is COC(=O)C1OC(OC(C)=O)C(OC(C)=O)C(OC(C)=O)C1OC1OC(COC(C)=O)C(OC(C)=O)C(OC(C)=O)C1NC(C)=O. The zero-order chi connectivity index (χ0) is 34.9. The van der Waals surface area contributed by atoms with Crippen LogP contribution in [0.4, 0.5) is 0 Å². The summed E-state index contributed by atoms with van der Waals surface area (Å²) in [5.41, 5.74) is 0. The topological polar surface area (TPSA) is 241 Å². The van der Waals surface area contributed by atoms with Gasteiger partial charge in [0.25, 0.3) is 0 Å². The molecule has 19 nitrogen and oxygen atoms in total. The Labute approximate surface area is 262 Å². The minimum Gasteiger partial charge on any atom is -0.467 e. The second-order valence-corrected chi connectivity index (χ2v) is 10.0. The number of carbonyl (C=O) groups excluding carboxylic acids is 8. The van der Waals surface area contributed by atoms with E-state index in [1.54, 1.807) is 0 Å². The maximum absolute atomic E-state index is 13.0. The average Bonchev–Trinajstić information content (AvgIpc) is 2.91. The van der Waals surface area contributed by atoms with Crippen LogP contribution in [0.2, 0.25) is 0 Å². The Morgan fingerprint density at radius 2 is 1.07 bits per heavy atom. The highest BCUT2D eigenvalue weighted by Gasteiger charge is 2.58. The van der Waals surface area contributed by atoms with Crippen molar-refractivity contribution in [1.29, 1.82) is 0 Å². The molecule has 10 atom stereocenters. The molecule has 0 aromatic carbocycles. The second-order valence-electron chi connectivity index (χ2n) is 10.0. The van der Waals surface area contributed by atoms with E-state index in [0.29, 0.717) is 0 Å². The first-order chi connectivity index (χ1) is 21.4. The molecule has 2 fully saturated rings. The van der Waals surface area contributed by atoms with E-state index in [0.717, 1.165) is 55.6 Å². The Kier molecular flexibility index (Phi) is 13.8. The van der Waals surface area contributed by atoms with E-state index in [1.165, 1.54) is 0 Å². The van der Waals surface area contributed by atoms with Crippen LogP contribution < -0.4 is 5.32 Å². The zero-order valence-electron chi connectivity index (χ0n) is 26.3. The Balaban J connectivity index is 2.74. The van der Waals surface area contributed by atoms with Gasteiger partial charge in [-0.3, -0.25) is 33.6 Å². The molecule has 0 saturated carbocycles. The van der Waals surface area contributed by atoms with Gasteiger partial charge in [0.2, 0.25) is 18.3 Å². The maximum atomic E-state index is 13.0. The molecule has 2 saturated heterocycles. The predicted molar refractivity (Wildman–Crippen MR) is 142 cm³/mol. The Morgan fingerprint density at radius 1 is 0.565 bits per heavy atom. The molecule has 0 radical (unpaired) electrons. The second kappa shape index (κ2) is 16.8. The van der Waals surface area contributed by atoms with Crippen LogP contribution >= 0.6 is 0 Å². The first-order valence-corrected chi connectivity index (χ1v) is 13.8. The molecule has 1 amide bonds. The summed E-state index contributed by atoms with van der Waals surface area (Å²) in [6.07, 6.45) is -15.2. The molecular formula is C27H37NO18. The van der Waals surface area contributed by atoms with Gasteiger partial charge in [0, 0.05) is 48.5 Å². The van der Waals surface area contributed by atoms with E-state index < -0.39 is 116 Å². The van der Waals surface area contributed by atoms with E-state index in [1.807, 2.05) is 0 Å². The summed E-state index contributed by atoms with van der Waals surface area (Å²) in [5, 5.41) is 2.47. The highest BCUT2D eigenvalue weighted by atomic mass is 16.8. The number of ether oxygens (including phenoxy) is 10. The third-order valence-corrected chi connectivity index (χ3v) is 6.18. The molecule has 1 N–H and O–H groups in total. The van der Waals surface area contributed by atoms with Gasteiger partial charge in [-0.15, -0.1) is 0 Å². The van der Waals surface area contributed by atoms with Crippen molar-refractivity contribution >= 4 is 47.7 Å². The fourth-order valence-electron chi connectivity index (χ4n) is 4.73. The standard InChI is InChI=1S/C27H37NO18/c1-10(29)28-18-20(40-13(4)32)19(39-12(3)31)17(9-38-11(2)30)44-26(18)45-21-22(41-14(5)33)24(42-15(6)34)27(43-16(7)35)46-23(21)25(36)37-8/h17-24,26-27H,9H2,1-8H3,(H,28,29). The normalized spacial score (nSPS) is 30.4. The summed E-state index contributed by atoms with van der Waals surface area (Å²) in [4.78, 5) is 97.4. The summed E-state index contributed by atoms with van der Waals surface area (Å²) >= 11 is 0. The van der Waals surface area contributed by atoms with Crippen LogP contribution in [0.3, 0.4) is 0 Å². The van der Waals surface area contributed by atoms with E-state index in [9.17, 15) is 38.4 Å². The van der Waals surface area contributed by atoms with Crippen LogP contribution in [0, 0.1) is 0 Å². The van der Waals surface area contributed by atoms with Crippen molar-refractivity contribution in [3.8, 4) is 0 Å². The number of nitrogens with one attached hydrogen (secondary N) is 1. The van der Waals surface area contributed by atoms with Crippen molar-refractivity contribution < 1.29 is 85.7 Å². The smallest absolute Gasteiger partial charge is 0.338 e. The first kappa shape index (κ1) is 37.8. The molecule has 0 bridgehead atoms. The van der Waals surface area contributed by atoms with E-state index in [4.69, 9.17) is 47.4 Å². The number of methoxy groups -OCH3 is 1. The quantitative estimate of drug-likeness (QED) is 0.192. The monoisotopic (exact) mass is 663 g/mol. The number of rotatable bonds is 11. The van der Waals surface area contributed by atoms with Crippen molar-refractivity contribution in [2.45, 2.75) is 110 Å². The summed E-state index contributed by atoms with van der Waals surface area (Å²) in [7, 11) is 0.982. The van der Waals surface area contributed by atoms with Crippen LogP contribution in [0.25, 0.3) is 0 Å². The highest BCUT2D eigenvalue weighted by molar-refractivity contribution is 5.76. The van der Waals surface area contributed by atoms with Gasteiger partial charge in [0.1, 0.15) is 24.9 Å². The summed E-state index contributed by atoms with van der Waals surface area (Å²) < 4.78 is 54.1. The van der Waals surface area contributed by atoms with Crippen LogP contribution in [0.15, 0.2) is 0 Å². The van der Waals surface area contributed by atoms with Crippen LogP contribution in [0.5, 0.6) is 0 Å². The molecule has 2 aliphatic heterocycles. The molecule has 2 rings (SSSR count). The van der Waals surface area contributed by atoms with Gasteiger partial charge in [-0.1, -0.05) is 0 Å². The molecule has 2 aliphatic rings. The molecule has 19 heteroatoms. The molecule has 0 aliphatic carbocycles. The molecule has 0 aromatic rings. The lowest BCUT2D eigenvalue weighted by Crippen LogP contribution is -2.69. The molecule has 10 unspecified atom stereocenters. The van der Waals surface area contributed by atoms with Crippen LogP contribution in [-0.2, 0) is 85.7 Å². The number of hydrogen-bond donors (Lipinski definition) is 1. The van der Waals surface area contributed by atoms with Gasteiger partial charge < -0.3 is 52.7 Å². The number of esters is 7. The van der Waals surface area contributed by atoms with Crippen molar-refractivity contribution in [3.63, 3.8) is 0 Å². The van der Waals surface area contributed by atoms with Crippen molar-refractivity contribution in [3.05, 3.63) is 0 Å². The fourth-order valence-corrected chi connectivity index (χ4v) is 4.73. The molecular weight excluding hydrogens is 626 g/mol. The van der Waals surface area contributed by atoms with Crippen molar-refractivity contribution in [1.82, 2.24) is 5.32 Å². The Hall–Kier alpha value is -4.36. The Morgan fingerprint density at radius 3 is 1.54 bits per heavy atom. The van der Waals surface area contributed by atoms with Crippen LogP contribution in [0.1, 0.15) is 48.5 Å². The van der Waals surface area contributed by atoms with Gasteiger partial charge in [0.15, 0.2) is 30.7 Å². The molecule has 2 heterocycles. The van der Waals surface area contributed by atoms with E-state index in [2.05, 4.69) is 5.32 Å². The molecule has 0 spiro atoms. The zero-order valence-corrected chi connectivity index (χ0v) is 26.3. The largest absolute Gasteiger partial charge is 0.467 e. The summed E-state index contributed by atoms with van der Waals surface area (Å²) in [6, 6.07) is -1.52. The number of amides is 1. The third kappa shape index (κ3) is 10.6. The average molecular weight is 664 g/mol. The third-order valence-electron chi connectivity index (χ3n) is 6.18. The summed E-state index contributed by atoms with van der Waals surface area (Å²) in [5.74, 6) is -7.21. The van der Waals surface area contributed by atoms with Crippen molar-refractivity contribution in [2.75, 3.05) is 13.7 Å². The minimum atomic E-state index is -1.88. The molecule has 0 aromatic heterocycles. The van der Waals surface area contributed by atoms with Crippen molar-refractivity contribution in [2.24, 2.45) is 0 Å². The predicted octanol–water partition coefficient (Wildman–Crippen LogP) is -1.65. The lowest BCUT2D eigenvalue weighted by molar-refractivity contribution is -0.339. The number of carbonyl (C=O) groups is 8. The van der Waals surface area contributed by atoms with E-state index in [-0.39, 0.29) is 0 Å². The number of hydrogen-bond acceptors (Lipinski definition) is 18. The van der Waals surface area contributed by atoms with Gasteiger partial charge >= 0.3 is 41.8 Å². The summed E-state index contributed by atoms with van der Waals surface area (Å²) in [6.45, 7) is 6.64. The lowest BCUT2D eigenvalue weighted by atomic mass is 9.94. The molecule has 46 heavy (non-hydrogen) atoms. The van der Waals surface area contributed by atoms with Crippen LogP contribution in [-0.4, -0.2) is 123 Å². The molecule has 258 valence electrons.